The minimum absolute atomic E-state index is 0.0372. The second kappa shape index (κ2) is 14.9. The van der Waals surface area contributed by atoms with Crippen LogP contribution in [0.15, 0.2) is 0 Å². The van der Waals surface area contributed by atoms with Crippen LogP contribution in [-0.4, -0.2) is 23.7 Å². The summed E-state index contributed by atoms with van der Waals surface area (Å²) in [4.78, 5) is 22.4. The van der Waals surface area contributed by atoms with Gasteiger partial charge < -0.3 is 9.84 Å². The molecule has 0 aliphatic carbocycles. The molecule has 22 heavy (non-hydrogen) atoms. The summed E-state index contributed by atoms with van der Waals surface area (Å²) < 4.78 is 5.18. The Kier molecular flexibility index (Phi) is 14.1. The summed E-state index contributed by atoms with van der Waals surface area (Å²) in [6, 6.07) is 0. The molecule has 130 valence electrons. The first-order valence-electron chi connectivity index (χ1n) is 9.00. The molecule has 1 unspecified atom stereocenters. The molecule has 1 N–H and O–H groups in total. The molecule has 0 bridgehead atoms. The van der Waals surface area contributed by atoms with E-state index in [9.17, 15) is 9.59 Å². The summed E-state index contributed by atoms with van der Waals surface area (Å²) in [5.41, 5.74) is 0. The van der Waals surface area contributed by atoms with E-state index in [1.54, 1.807) is 0 Å². The maximum absolute atomic E-state index is 12.0. The minimum Gasteiger partial charge on any atom is -0.481 e. The number of hydrogen-bond acceptors (Lipinski definition) is 3. The number of esters is 1. The van der Waals surface area contributed by atoms with E-state index < -0.39 is 5.97 Å². The van der Waals surface area contributed by atoms with Crippen molar-refractivity contribution in [1.82, 2.24) is 0 Å². The average Bonchev–Trinajstić information content (AvgIpc) is 2.48. The number of unbranched alkanes of at least 4 members (excludes halogenated alkanes) is 7. The summed E-state index contributed by atoms with van der Waals surface area (Å²) in [6.07, 6.45) is 11.7. The van der Waals surface area contributed by atoms with Gasteiger partial charge in [-0.15, -0.1) is 0 Å². The standard InChI is InChI=1S/C18H34O4/c1-3-5-6-10-13-16(18(21)22-4-2)14-11-8-7-9-12-15-17(19)20/h16H,3-15H2,1-2H3,(H,19,20). The van der Waals surface area contributed by atoms with Crippen molar-refractivity contribution in [3.63, 3.8) is 0 Å². The highest BCUT2D eigenvalue weighted by atomic mass is 16.5. The lowest BCUT2D eigenvalue weighted by atomic mass is 9.94. The molecule has 4 heteroatoms. The van der Waals surface area contributed by atoms with Crippen LogP contribution >= 0.6 is 0 Å². The smallest absolute Gasteiger partial charge is 0.308 e. The van der Waals surface area contributed by atoms with Crippen LogP contribution in [0.3, 0.4) is 0 Å². The molecule has 0 aliphatic heterocycles. The number of aliphatic carboxylic acids is 1. The highest BCUT2D eigenvalue weighted by molar-refractivity contribution is 5.72. The Balaban J connectivity index is 3.82. The van der Waals surface area contributed by atoms with Gasteiger partial charge in [0.2, 0.25) is 0 Å². The Labute approximate surface area is 135 Å². The fraction of sp³-hybridized carbons (Fsp3) is 0.889. The molecule has 0 saturated carbocycles. The third-order valence-electron chi connectivity index (χ3n) is 3.97. The fourth-order valence-corrected chi connectivity index (χ4v) is 2.65. The van der Waals surface area contributed by atoms with Crippen molar-refractivity contribution in [3.05, 3.63) is 0 Å². The van der Waals surface area contributed by atoms with Gasteiger partial charge in [0.15, 0.2) is 0 Å². The van der Waals surface area contributed by atoms with Crippen LogP contribution in [0.5, 0.6) is 0 Å². The molecule has 0 aromatic heterocycles. The van der Waals surface area contributed by atoms with Crippen LogP contribution in [0, 0.1) is 5.92 Å². The van der Waals surface area contributed by atoms with E-state index in [0.29, 0.717) is 6.61 Å². The Morgan fingerprint density at radius 1 is 0.864 bits per heavy atom. The molecule has 0 radical (unpaired) electrons. The van der Waals surface area contributed by atoms with Crippen molar-refractivity contribution >= 4 is 11.9 Å². The summed E-state index contributed by atoms with van der Waals surface area (Å²) in [5, 5.41) is 8.57. The second-order valence-corrected chi connectivity index (χ2v) is 6.00. The SMILES string of the molecule is CCCCCCC(CCCCCCCC(=O)O)C(=O)OCC. The van der Waals surface area contributed by atoms with Crippen molar-refractivity contribution in [2.75, 3.05) is 6.61 Å². The van der Waals surface area contributed by atoms with Crippen LogP contribution in [0.4, 0.5) is 0 Å². The summed E-state index contributed by atoms with van der Waals surface area (Å²) in [5.74, 6) is -0.699. The van der Waals surface area contributed by atoms with E-state index in [1.165, 1.54) is 19.3 Å². The first-order valence-corrected chi connectivity index (χ1v) is 9.00. The number of hydrogen-bond donors (Lipinski definition) is 1. The molecule has 0 fully saturated rings. The minimum atomic E-state index is -0.713. The molecular formula is C18H34O4. The zero-order chi connectivity index (χ0) is 16.6. The molecule has 0 spiro atoms. The van der Waals surface area contributed by atoms with E-state index in [4.69, 9.17) is 9.84 Å². The molecule has 1 atom stereocenters. The van der Waals surface area contributed by atoms with Crippen LogP contribution in [0.2, 0.25) is 0 Å². The van der Waals surface area contributed by atoms with Crippen LogP contribution in [0.25, 0.3) is 0 Å². The van der Waals surface area contributed by atoms with E-state index >= 15 is 0 Å². The van der Waals surface area contributed by atoms with Gasteiger partial charge in [0, 0.05) is 6.42 Å². The molecule has 0 saturated heterocycles. The van der Waals surface area contributed by atoms with Crippen LogP contribution < -0.4 is 0 Å². The number of carbonyl (C=O) groups excluding carboxylic acids is 1. The maximum atomic E-state index is 12.0. The topological polar surface area (TPSA) is 63.6 Å². The van der Waals surface area contributed by atoms with Crippen molar-refractivity contribution < 1.29 is 19.4 Å². The lowest BCUT2D eigenvalue weighted by molar-refractivity contribution is -0.148. The Hall–Kier alpha value is -1.06. The van der Waals surface area contributed by atoms with Crippen LogP contribution in [-0.2, 0) is 14.3 Å². The second-order valence-electron chi connectivity index (χ2n) is 6.00. The Morgan fingerprint density at radius 2 is 1.41 bits per heavy atom. The van der Waals surface area contributed by atoms with Gasteiger partial charge in [-0.1, -0.05) is 58.3 Å². The summed E-state index contributed by atoms with van der Waals surface area (Å²) >= 11 is 0. The lowest BCUT2D eigenvalue weighted by Crippen LogP contribution is -2.18. The quantitative estimate of drug-likeness (QED) is 0.343. The molecule has 0 aliphatic rings. The number of carboxylic acid groups (broad SMARTS) is 1. The van der Waals surface area contributed by atoms with E-state index in [2.05, 4.69) is 6.92 Å². The third-order valence-corrected chi connectivity index (χ3v) is 3.97. The fourth-order valence-electron chi connectivity index (χ4n) is 2.65. The van der Waals surface area contributed by atoms with Gasteiger partial charge in [-0.25, -0.2) is 0 Å². The highest BCUT2D eigenvalue weighted by Gasteiger charge is 2.18. The third kappa shape index (κ3) is 12.7. The average molecular weight is 314 g/mol. The lowest BCUT2D eigenvalue weighted by Gasteiger charge is -2.15. The Bertz CT molecular complexity index is 289. The van der Waals surface area contributed by atoms with E-state index in [0.717, 1.165) is 51.4 Å². The van der Waals surface area contributed by atoms with Gasteiger partial charge in [0.1, 0.15) is 0 Å². The van der Waals surface area contributed by atoms with Gasteiger partial charge in [0.05, 0.1) is 12.5 Å². The largest absolute Gasteiger partial charge is 0.481 e. The van der Waals surface area contributed by atoms with Crippen molar-refractivity contribution in [1.29, 1.82) is 0 Å². The Morgan fingerprint density at radius 3 is 1.95 bits per heavy atom. The van der Waals surface area contributed by atoms with E-state index in [-0.39, 0.29) is 18.3 Å². The highest BCUT2D eigenvalue weighted by Crippen LogP contribution is 2.20. The number of rotatable bonds is 15. The molecular weight excluding hydrogens is 280 g/mol. The molecule has 0 amide bonds. The summed E-state index contributed by atoms with van der Waals surface area (Å²) in [6.45, 7) is 4.50. The predicted octanol–water partition coefficient (Wildman–Crippen LogP) is 4.95. The molecule has 0 rings (SSSR count). The van der Waals surface area contributed by atoms with Crippen molar-refractivity contribution in [2.45, 2.75) is 90.9 Å². The van der Waals surface area contributed by atoms with Crippen LogP contribution in [0.1, 0.15) is 90.9 Å². The summed E-state index contributed by atoms with van der Waals surface area (Å²) in [7, 11) is 0. The molecule has 4 nitrogen and oxygen atoms in total. The maximum Gasteiger partial charge on any atom is 0.308 e. The molecule has 0 heterocycles. The predicted molar refractivity (Wildman–Crippen MR) is 88.8 cm³/mol. The van der Waals surface area contributed by atoms with Gasteiger partial charge in [-0.3, -0.25) is 9.59 Å². The number of carbonyl (C=O) groups is 2. The van der Waals surface area contributed by atoms with Crippen molar-refractivity contribution in [2.24, 2.45) is 5.92 Å². The van der Waals surface area contributed by atoms with Gasteiger partial charge in [-0.2, -0.15) is 0 Å². The zero-order valence-electron chi connectivity index (χ0n) is 14.4. The first kappa shape index (κ1) is 20.9. The monoisotopic (exact) mass is 314 g/mol. The zero-order valence-corrected chi connectivity index (χ0v) is 14.4. The van der Waals surface area contributed by atoms with Gasteiger partial charge in [0.25, 0.3) is 0 Å². The first-order chi connectivity index (χ1) is 10.6. The number of ether oxygens (including phenoxy) is 1. The molecule has 0 aromatic rings. The normalized spacial score (nSPS) is 12.1. The van der Waals surface area contributed by atoms with Gasteiger partial charge in [-0.05, 0) is 26.2 Å². The van der Waals surface area contributed by atoms with Gasteiger partial charge >= 0.3 is 11.9 Å². The van der Waals surface area contributed by atoms with Crippen molar-refractivity contribution in [3.8, 4) is 0 Å². The molecule has 0 aromatic carbocycles. The van der Waals surface area contributed by atoms with E-state index in [1.807, 2.05) is 6.92 Å². The number of carboxylic acids is 1.